The van der Waals surface area contributed by atoms with Crippen LogP contribution < -0.4 is 11.6 Å². The van der Waals surface area contributed by atoms with Crippen molar-refractivity contribution in [2.45, 2.75) is 6.42 Å². The van der Waals surface area contributed by atoms with Crippen LogP contribution in [-0.4, -0.2) is 17.6 Å². The van der Waals surface area contributed by atoms with Gasteiger partial charge in [0, 0.05) is 6.54 Å². The molecule has 0 radical (unpaired) electrons. The first kappa shape index (κ1) is 9.54. The molecule has 0 aliphatic heterocycles. The van der Waals surface area contributed by atoms with Crippen LogP contribution in [0.4, 0.5) is 4.79 Å². The third kappa shape index (κ3) is 3.13. The van der Waals surface area contributed by atoms with Gasteiger partial charge >= 0.3 is 6.03 Å². The Hall–Kier alpha value is -1.55. The van der Waals surface area contributed by atoms with E-state index in [4.69, 9.17) is 11.6 Å². The maximum Gasteiger partial charge on any atom is 0.328 e. The number of urea groups is 1. The maximum absolute atomic E-state index is 10.5. The first-order valence-electron chi connectivity index (χ1n) is 4.06. The molecule has 4 N–H and O–H groups in total. The topological polar surface area (TPSA) is 72.4 Å². The highest BCUT2D eigenvalue weighted by Crippen LogP contribution is 1.99. The molecule has 0 heterocycles. The van der Waals surface area contributed by atoms with Gasteiger partial charge in [0.15, 0.2) is 0 Å². The van der Waals surface area contributed by atoms with Gasteiger partial charge in [0.1, 0.15) is 0 Å². The summed E-state index contributed by atoms with van der Waals surface area (Å²) < 4.78 is 0. The van der Waals surface area contributed by atoms with Crippen LogP contribution in [0.2, 0.25) is 0 Å². The third-order valence-electron chi connectivity index (χ3n) is 1.77. The van der Waals surface area contributed by atoms with Gasteiger partial charge in [-0.3, -0.25) is 5.01 Å². The summed E-state index contributed by atoms with van der Waals surface area (Å²) in [6, 6.07) is 9.19. The van der Waals surface area contributed by atoms with Crippen molar-refractivity contribution in [2.24, 2.45) is 11.6 Å². The summed E-state index contributed by atoms with van der Waals surface area (Å²) in [6.07, 6.45) is 0.722. The van der Waals surface area contributed by atoms with Crippen molar-refractivity contribution in [3.8, 4) is 0 Å². The van der Waals surface area contributed by atoms with Gasteiger partial charge in [-0.25, -0.2) is 10.6 Å². The standard InChI is InChI=1S/C9H13N3O/c10-9(13)12(11)7-6-8-4-2-1-3-5-8/h1-5H,6-7,11H2,(H2,10,13). The van der Waals surface area contributed by atoms with E-state index in [2.05, 4.69) is 0 Å². The number of benzene rings is 1. The fourth-order valence-electron chi connectivity index (χ4n) is 1.00. The Labute approximate surface area is 77.1 Å². The van der Waals surface area contributed by atoms with E-state index >= 15 is 0 Å². The van der Waals surface area contributed by atoms with Crippen LogP contribution in [0.1, 0.15) is 5.56 Å². The number of amides is 2. The predicted octanol–water partition coefficient (Wildman–Crippen LogP) is 0.483. The van der Waals surface area contributed by atoms with Crippen LogP contribution in [0.5, 0.6) is 0 Å². The molecule has 1 aromatic carbocycles. The highest BCUT2D eigenvalue weighted by molar-refractivity contribution is 5.71. The monoisotopic (exact) mass is 179 g/mol. The Kier molecular flexibility index (Phi) is 3.28. The summed E-state index contributed by atoms with van der Waals surface area (Å²) in [7, 11) is 0. The average molecular weight is 179 g/mol. The zero-order valence-electron chi connectivity index (χ0n) is 7.31. The van der Waals surface area contributed by atoms with E-state index in [1.165, 1.54) is 0 Å². The molecule has 0 fully saturated rings. The number of nitrogens with zero attached hydrogens (tertiary/aromatic N) is 1. The van der Waals surface area contributed by atoms with E-state index in [0.717, 1.165) is 17.0 Å². The SMILES string of the molecule is NC(=O)N(N)CCc1ccccc1. The van der Waals surface area contributed by atoms with Crippen LogP contribution in [-0.2, 0) is 6.42 Å². The number of carbonyl (C=O) groups excluding carboxylic acids is 1. The number of hydrogen-bond donors (Lipinski definition) is 2. The molecule has 4 heteroatoms. The normalized spacial score (nSPS) is 9.62. The van der Waals surface area contributed by atoms with E-state index in [-0.39, 0.29) is 0 Å². The highest BCUT2D eigenvalue weighted by atomic mass is 16.2. The van der Waals surface area contributed by atoms with Gasteiger partial charge in [-0.2, -0.15) is 0 Å². The second-order valence-corrected chi connectivity index (χ2v) is 2.77. The quantitative estimate of drug-likeness (QED) is 0.402. The Morgan fingerprint density at radius 1 is 1.31 bits per heavy atom. The van der Waals surface area contributed by atoms with Gasteiger partial charge < -0.3 is 5.73 Å². The number of nitrogens with two attached hydrogens (primary N) is 2. The van der Waals surface area contributed by atoms with E-state index < -0.39 is 6.03 Å². The number of hydrogen-bond acceptors (Lipinski definition) is 2. The molecular formula is C9H13N3O. The van der Waals surface area contributed by atoms with Crippen molar-refractivity contribution in [1.82, 2.24) is 5.01 Å². The summed E-state index contributed by atoms with van der Waals surface area (Å²) >= 11 is 0. The van der Waals surface area contributed by atoms with Crippen molar-refractivity contribution < 1.29 is 4.79 Å². The van der Waals surface area contributed by atoms with Gasteiger partial charge in [0.05, 0.1) is 0 Å². The summed E-state index contributed by atoms with van der Waals surface area (Å²) in [4.78, 5) is 10.5. The van der Waals surface area contributed by atoms with Crippen LogP contribution in [0, 0.1) is 0 Å². The first-order chi connectivity index (χ1) is 6.20. The lowest BCUT2D eigenvalue weighted by Gasteiger charge is -2.12. The van der Waals surface area contributed by atoms with Crippen LogP contribution >= 0.6 is 0 Å². The van der Waals surface area contributed by atoms with Gasteiger partial charge in [-0.1, -0.05) is 30.3 Å². The van der Waals surface area contributed by atoms with Crippen molar-refractivity contribution >= 4 is 6.03 Å². The predicted molar refractivity (Wildman–Crippen MR) is 50.6 cm³/mol. The zero-order valence-corrected chi connectivity index (χ0v) is 7.31. The molecule has 0 unspecified atom stereocenters. The largest absolute Gasteiger partial charge is 0.350 e. The molecule has 2 amide bonds. The molecule has 0 saturated carbocycles. The number of carbonyl (C=O) groups is 1. The molecule has 0 aromatic heterocycles. The first-order valence-corrected chi connectivity index (χ1v) is 4.06. The minimum Gasteiger partial charge on any atom is -0.350 e. The number of rotatable bonds is 3. The Bertz CT molecular complexity index is 273. The molecule has 1 aromatic rings. The second-order valence-electron chi connectivity index (χ2n) is 2.77. The van der Waals surface area contributed by atoms with Gasteiger partial charge in [0.25, 0.3) is 0 Å². The minimum absolute atomic E-state index is 0.444. The molecular weight excluding hydrogens is 166 g/mol. The van der Waals surface area contributed by atoms with Crippen LogP contribution in [0.15, 0.2) is 30.3 Å². The molecule has 0 bridgehead atoms. The lowest BCUT2D eigenvalue weighted by molar-refractivity contribution is 0.209. The molecule has 0 spiro atoms. The van der Waals surface area contributed by atoms with Crippen LogP contribution in [0.25, 0.3) is 0 Å². The van der Waals surface area contributed by atoms with Crippen molar-refractivity contribution in [3.63, 3.8) is 0 Å². The fourth-order valence-corrected chi connectivity index (χ4v) is 1.00. The maximum atomic E-state index is 10.5. The summed E-state index contributed by atoms with van der Waals surface area (Å²) in [6.45, 7) is 0.444. The average Bonchev–Trinajstić information content (AvgIpc) is 2.15. The van der Waals surface area contributed by atoms with Gasteiger partial charge in [-0.15, -0.1) is 0 Å². The molecule has 1 rings (SSSR count). The fraction of sp³-hybridized carbons (Fsp3) is 0.222. The lowest BCUT2D eigenvalue weighted by Crippen LogP contribution is -2.42. The third-order valence-corrected chi connectivity index (χ3v) is 1.77. The minimum atomic E-state index is -0.601. The molecule has 70 valence electrons. The van der Waals surface area contributed by atoms with Crippen molar-refractivity contribution in [1.29, 1.82) is 0 Å². The molecule has 0 atom stereocenters. The van der Waals surface area contributed by atoms with Crippen molar-refractivity contribution in [3.05, 3.63) is 35.9 Å². The Morgan fingerprint density at radius 2 is 1.92 bits per heavy atom. The van der Waals surface area contributed by atoms with E-state index in [1.807, 2.05) is 30.3 Å². The molecule has 13 heavy (non-hydrogen) atoms. The lowest BCUT2D eigenvalue weighted by atomic mass is 10.1. The zero-order chi connectivity index (χ0) is 9.68. The van der Waals surface area contributed by atoms with Gasteiger partial charge in [0.2, 0.25) is 0 Å². The summed E-state index contributed by atoms with van der Waals surface area (Å²) in [5, 5.41) is 1.01. The Morgan fingerprint density at radius 3 is 2.46 bits per heavy atom. The number of primary amides is 1. The molecule has 0 aliphatic carbocycles. The summed E-state index contributed by atoms with van der Waals surface area (Å²) in [5.41, 5.74) is 6.10. The summed E-state index contributed by atoms with van der Waals surface area (Å²) in [5.74, 6) is 5.32. The molecule has 0 saturated heterocycles. The molecule has 4 nitrogen and oxygen atoms in total. The van der Waals surface area contributed by atoms with E-state index in [0.29, 0.717) is 6.54 Å². The van der Waals surface area contributed by atoms with E-state index in [9.17, 15) is 4.79 Å². The Balaban J connectivity index is 2.39. The van der Waals surface area contributed by atoms with E-state index in [1.54, 1.807) is 0 Å². The van der Waals surface area contributed by atoms with Crippen LogP contribution in [0.3, 0.4) is 0 Å². The second kappa shape index (κ2) is 4.47. The van der Waals surface area contributed by atoms with Gasteiger partial charge in [-0.05, 0) is 12.0 Å². The highest BCUT2D eigenvalue weighted by Gasteiger charge is 2.02. The van der Waals surface area contributed by atoms with Crippen molar-refractivity contribution in [2.75, 3.05) is 6.54 Å². The number of hydrazine groups is 1. The molecule has 0 aliphatic rings. The smallest absolute Gasteiger partial charge is 0.328 e.